The fourth-order valence-corrected chi connectivity index (χ4v) is 6.16. The van der Waals surface area contributed by atoms with Gasteiger partial charge in [-0.1, -0.05) is 12.5 Å². The number of hydrogen-bond donors (Lipinski definition) is 0. The number of halogens is 3. The van der Waals surface area contributed by atoms with E-state index in [0.29, 0.717) is 19.5 Å². The number of alkyl halides is 3. The van der Waals surface area contributed by atoms with Crippen LogP contribution in [0.2, 0.25) is 0 Å². The van der Waals surface area contributed by atoms with Crippen LogP contribution in [-0.4, -0.2) is 79.6 Å². The number of fused-ring (bicyclic) bond motifs is 1. The minimum atomic E-state index is -4.30. The molecule has 2 fully saturated rings. The maximum atomic E-state index is 12.9. The third-order valence-electron chi connectivity index (χ3n) is 8.64. The quantitative estimate of drug-likeness (QED) is 0.301. The molecule has 41 heavy (non-hydrogen) atoms. The van der Waals surface area contributed by atoms with Crippen molar-refractivity contribution < 1.29 is 22.7 Å². The van der Waals surface area contributed by atoms with Crippen LogP contribution in [0.15, 0.2) is 42.5 Å². The van der Waals surface area contributed by atoms with Gasteiger partial charge in [-0.05, 0) is 99.3 Å². The van der Waals surface area contributed by atoms with Crippen molar-refractivity contribution in [3.05, 3.63) is 59.2 Å². The van der Waals surface area contributed by atoms with Gasteiger partial charge in [-0.25, -0.2) is 0 Å². The summed E-state index contributed by atoms with van der Waals surface area (Å²) < 4.78 is 44.4. The highest BCUT2D eigenvalue weighted by atomic mass is 19.4. The summed E-state index contributed by atoms with van der Waals surface area (Å²) >= 11 is 0. The van der Waals surface area contributed by atoms with E-state index in [2.05, 4.69) is 26.8 Å². The summed E-state index contributed by atoms with van der Waals surface area (Å²) in [5.41, 5.74) is 2.66. The Labute approximate surface area is 242 Å². The van der Waals surface area contributed by atoms with Crippen LogP contribution < -0.4 is 9.64 Å². The highest BCUT2D eigenvalue weighted by Gasteiger charge is 2.30. The molecule has 0 N–H and O–H groups in total. The van der Waals surface area contributed by atoms with Crippen LogP contribution in [-0.2, 0) is 24.1 Å². The monoisotopic (exact) mass is 572 g/mol. The molecule has 3 aliphatic heterocycles. The van der Waals surface area contributed by atoms with E-state index in [9.17, 15) is 18.0 Å². The SMILES string of the molecule is O=C(CCCCCN1CCN(c2ccc(C(F)(F)F)cc2)CC1)N1Cc2ccc(OCCCN3CCCC3)cc2C1. The summed E-state index contributed by atoms with van der Waals surface area (Å²) in [7, 11) is 0. The lowest BCUT2D eigenvalue weighted by Crippen LogP contribution is -2.46. The van der Waals surface area contributed by atoms with Gasteiger partial charge < -0.3 is 19.4 Å². The molecule has 0 bridgehead atoms. The molecule has 0 spiro atoms. The molecule has 2 aromatic rings. The summed E-state index contributed by atoms with van der Waals surface area (Å²) in [6, 6.07) is 11.7. The molecule has 6 nitrogen and oxygen atoms in total. The Morgan fingerprint density at radius 2 is 1.44 bits per heavy atom. The molecule has 5 rings (SSSR count). The number of anilines is 1. The Bertz CT molecular complexity index is 1130. The summed E-state index contributed by atoms with van der Waals surface area (Å²) in [4.78, 5) is 21.9. The van der Waals surface area contributed by atoms with Gasteiger partial charge >= 0.3 is 6.18 Å². The van der Waals surface area contributed by atoms with Crippen molar-refractivity contribution in [3.8, 4) is 5.75 Å². The van der Waals surface area contributed by atoms with Crippen LogP contribution in [0.1, 0.15) is 61.6 Å². The van der Waals surface area contributed by atoms with Crippen LogP contribution in [0.3, 0.4) is 0 Å². The van der Waals surface area contributed by atoms with E-state index in [4.69, 9.17) is 4.74 Å². The maximum absolute atomic E-state index is 12.9. The topological polar surface area (TPSA) is 39.3 Å². The van der Waals surface area contributed by atoms with Crippen molar-refractivity contribution in [1.82, 2.24) is 14.7 Å². The summed E-state index contributed by atoms with van der Waals surface area (Å²) in [5, 5.41) is 0. The third kappa shape index (κ3) is 8.38. The molecule has 3 aliphatic rings. The molecule has 0 radical (unpaired) electrons. The van der Waals surface area contributed by atoms with Crippen LogP contribution in [0, 0.1) is 0 Å². The Morgan fingerprint density at radius 1 is 0.756 bits per heavy atom. The Hall–Kier alpha value is -2.78. The molecule has 2 aromatic carbocycles. The molecule has 0 aliphatic carbocycles. The average molecular weight is 573 g/mol. The first kappa shape index (κ1) is 29.7. The standard InChI is InChI=1S/C32H43F3N4O2/c33-32(34,35)28-9-11-29(12-10-28)38-20-18-37(19-21-38)14-3-1-2-7-31(40)39-24-26-8-13-30(23-27(26)25-39)41-22-6-17-36-15-4-5-16-36/h8-13,23H,1-7,14-22,24-25H2. The molecule has 1 amide bonds. The zero-order valence-corrected chi connectivity index (χ0v) is 24.0. The van der Waals surface area contributed by atoms with Gasteiger partial charge in [0.15, 0.2) is 0 Å². The number of amides is 1. The van der Waals surface area contributed by atoms with Crippen molar-refractivity contribution in [1.29, 1.82) is 0 Å². The number of nitrogens with zero attached hydrogens (tertiary/aromatic N) is 4. The Balaban J connectivity index is 0.936. The van der Waals surface area contributed by atoms with E-state index < -0.39 is 11.7 Å². The van der Waals surface area contributed by atoms with Gasteiger partial charge in [0.2, 0.25) is 5.91 Å². The van der Waals surface area contributed by atoms with Gasteiger partial charge in [0.25, 0.3) is 0 Å². The molecule has 0 unspecified atom stereocenters. The third-order valence-corrected chi connectivity index (χ3v) is 8.64. The predicted molar refractivity (Wildman–Crippen MR) is 155 cm³/mol. The number of piperazine rings is 1. The summed E-state index contributed by atoms with van der Waals surface area (Å²) in [6.45, 7) is 10.0. The maximum Gasteiger partial charge on any atom is 0.416 e. The minimum Gasteiger partial charge on any atom is -0.494 e. The number of hydrogen-bond acceptors (Lipinski definition) is 5. The molecule has 3 heterocycles. The van der Waals surface area contributed by atoms with Crippen molar-refractivity contribution >= 4 is 11.6 Å². The molecule has 0 atom stereocenters. The zero-order chi connectivity index (χ0) is 28.7. The van der Waals surface area contributed by atoms with Crippen LogP contribution in [0.5, 0.6) is 5.75 Å². The Kier molecular flexibility index (Phi) is 10.1. The molecular formula is C32H43F3N4O2. The Morgan fingerprint density at radius 3 is 2.17 bits per heavy atom. The van der Waals surface area contributed by atoms with Crippen LogP contribution in [0.25, 0.3) is 0 Å². The number of unbranched alkanes of at least 4 members (excludes halogenated alkanes) is 2. The van der Waals surface area contributed by atoms with Crippen molar-refractivity contribution in [3.63, 3.8) is 0 Å². The number of carbonyl (C=O) groups excluding carboxylic acids is 1. The second-order valence-corrected chi connectivity index (χ2v) is 11.6. The number of carbonyl (C=O) groups is 1. The van der Waals surface area contributed by atoms with E-state index in [1.165, 1.54) is 37.1 Å². The van der Waals surface area contributed by atoms with E-state index in [-0.39, 0.29) is 5.91 Å². The highest BCUT2D eigenvalue weighted by Crippen LogP contribution is 2.31. The van der Waals surface area contributed by atoms with E-state index in [1.54, 1.807) is 12.1 Å². The predicted octanol–water partition coefficient (Wildman–Crippen LogP) is 5.79. The number of likely N-dealkylation sites (tertiary alicyclic amines) is 1. The second-order valence-electron chi connectivity index (χ2n) is 11.6. The lowest BCUT2D eigenvalue weighted by Gasteiger charge is -2.36. The van der Waals surface area contributed by atoms with Crippen LogP contribution >= 0.6 is 0 Å². The fraction of sp³-hybridized carbons (Fsp3) is 0.594. The van der Waals surface area contributed by atoms with E-state index in [0.717, 1.165) is 95.1 Å². The zero-order valence-electron chi connectivity index (χ0n) is 24.0. The fourth-order valence-electron chi connectivity index (χ4n) is 6.16. The van der Waals surface area contributed by atoms with Gasteiger partial charge in [0.1, 0.15) is 5.75 Å². The van der Waals surface area contributed by atoms with Gasteiger partial charge in [-0.15, -0.1) is 0 Å². The molecule has 2 saturated heterocycles. The normalized spacial score (nSPS) is 18.2. The first-order chi connectivity index (χ1) is 19.8. The molecular weight excluding hydrogens is 529 g/mol. The summed E-state index contributed by atoms with van der Waals surface area (Å²) in [6.07, 6.45) is 2.91. The van der Waals surface area contributed by atoms with Gasteiger partial charge in [-0.3, -0.25) is 9.69 Å². The average Bonchev–Trinajstić information content (AvgIpc) is 3.65. The van der Waals surface area contributed by atoms with Crippen molar-refractivity contribution in [2.24, 2.45) is 0 Å². The van der Waals surface area contributed by atoms with Crippen LogP contribution in [0.4, 0.5) is 18.9 Å². The van der Waals surface area contributed by atoms with Gasteiger partial charge in [-0.2, -0.15) is 13.2 Å². The van der Waals surface area contributed by atoms with Gasteiger partial charge in [0.05, 0.1) is 12.2 Å². The second kappa shape index (κ2) is 13.9. The lowest BCUT2D eigenvalue weighted by atomic mass is 10.1. The number of benzene rings is 2. The largest absolute Gasteiger partial charge is 0.494 e. The van der Waals surface area contributed by atoms with Crippen molar-refractivity contribution in [2.45, 2.75) is 64.2 Å². The molecule has 0 aromatic heterocycles. The smallest absolute Gasteiger partial charge is 0.416 e. The number of ether oxygens (including phenoxy) is 1. The number of rotatable bonds is 12. The van der Waals surface area contributed by atoms with Gasteiger partial charge in [0, 0.05) is 57.9 Å². The molecule has 224 valence electrons. The first-order valence-electron chi connectivity index (χ1n) is 15.2. The first-order valence-corrected chi connectivity index (χ1v) is 15.2. The van der Waals surface area contributed by atoms with Crippen molar-refractivity contribution in [2.75, 3.05) is 63.9 Å². The van der Waals surface area contributed by atoms with E-state index in [1.807, 2.05) is 11.0 Å². The lowest BCUT2D eigenvalue weighted by molar-refractivity contribution is -0.137. The van der Waals surface area contributed by atoms with E-state index >= 15 is 0 Å². The highest BCUT2D eigenvalue weighted by molar-refractivity contribution is 5.77. The minimum absolute atomic E-state index is 0.222. The molecule has 9 heteroatoms. The molecule has 0 saturated carbocycles. The summed E-state index contributed by atoms with van der Waals surface area (Å²) in [5.74, 6) is 1.12.